The Hall–Kier alpha value is -0.610. The zero-order chi connectivity index (χ0) is 11.7. The molecule has 0 amide bonds. The second kappa shape index (κ2) is 4.72. The van der Waals surface area contributed by atoms with Crippen molar-refractivity contribution >= 4 is 34.5 Å². The van der Waals surface area contributed by atoms with Crippen molar-refractivity contribution in [3.8, 4) is 0 Å². The Labute approximate surface area is 108 Å². The van der Waals surface area contributed by atoms with Gasteiger partial charge in [0.25, 0.3) is 0 Å². The molecule has 1 aromatic heterocycles. The number of nitrogens with zero attached hydrogens (tertiary/aromatic N) is 1. The lowest BCUT2D eigenvalue weighted by atomic mass is 10.1. The van der Waals surface area contributed by atoms with Gasteiger partial charge in [0.05, 0.1) is 6.04 Å². The summed E-state index contributed by atoms with van der Waals surface area (Å²) in [7, 11) is 0. The molecule has 0 aliphatic heterocycles. The summed E-state index contributed by atoms with van der Waals surface area (Å²) in [6, 6.07) is 5.00. The van der Waals surface area contributed by atoms with E-state index in [-0.39, 0.29) is 6.04 Å². The largest absolute Gasteiger partial charge is 0.318 e. The van der Waals surface area contributed by atoms with Crippen LogP contribution in [0.1, 0.15) is 22.3 Å². The van der Waals surface area contributed by atoms with Crippen LogP contribution in [-0.2, 0) is 0 Å². The predicted molar refractivity (Wildman–Crippen MR) is 69.3 cm³/mol. The molecular weight excluding hydrogens is 263 g/mol. The number of hydrogen-bond donors (Lipinski definition) is 1. The van der Waals surface area contributed by atoms with Crippen LogP contribution in [0.5, 0.6) is 0 Å². The first-order valence-corrected chi connectivity index (χ1v) is 6.34. The SMILES string of the molecule is Cc1csc(C(N)c2c(Cl)cccc2Cl)n1. The second-order valence-electron chi connectivity index (χ2n) is 3.44. The summed E-state index contributed by atoms with van der Waals surface area (Å²) in [5.74, 6) is 0. The summed E-state index contributed by atoms with van der Waals surface area (Å²) in [6.45, 7) is 1.93. The maximum absolute atomic E-state index is 6.11. The van der Waals surface area contributed by atoms with E-state index in [0.717, 1.165) is 16.3 Å². The van der Waals surface area contributed by atoms with Crippen LogP contribution in [-0.4, -0.2) is 4.98 Å². The van der Waals surface area contributed by atoms with Gasteiger partial charge < -0.3 is 5.73 Å². The fourth-order valence-electron chi connectivity index (χ4n) is 1.45. The third kappa shape index (κ3) is 2.23. The zero-order valence-corrected chi connectivity index (χ0v) is 10.9. The van der Waals surface area contributed by atoms with E-state index < -0.39 is 0 Å². The molecule has 0 radical (unpaired) electrons. The number of halogens is 2. The average Bonchev–Trinajstić information content (AvgIpc) is 2.64. The van der Waals surface area contributed by atoms with Crippen LogP contribution in [0.2, 0.25) is 10.0 Å². The first kappa shape index (κ1) is 11.9. The number of aromatic nitrogens is 1. The monoisotopic (exact) mass is 272 g/mol. The molecule has 2 aromatic rings. The molecule has 2 N–H and O–H groups in total. The van der Waals surface area contributed by atoms with Crippen molar-refractivity contribution < 1.29 is 0 Å². The van der Waals surface area contributed by atoms with Crippen LogP contribution >= 0.6 is 34.5 Å². The Balaban J connectivity index is 2.45. The molecule has 1 aromatic carbocycles. The minimum atomic E-state index is -0.361. The molecule has 2 nitrogen and oxygen atoms in total. The fraction of sp³-hybridized carbons (Fsp3) is 0.182. The van der Waals surface area contributed by atoms with Crippen LogP contribution in [0.3, 0.4) is 0 Å². The van der Waals surface area contributed by atoms with E-state index in [0.29, 0.717) is 10.0 Å². The van der Waals surface area contributed by atoms with Crippen molar-refractivity contribution in [2.75, 3.05) is 0 Å². The first-order chi connectivity index (χ1) is 7.59. The summed E-state index contributed by atoms with van der Waals surface area (Å²) in [5, 5.41) is 3.94. The molecule has 1 heterocycles. The highest BCUT2D eigenvalue weighted by molar-refractivity contribution is 7.09. The van der Waals surface area contributed by atoms with Crippen molar-refractivity contribution in [1.29, 1.82) is 0 Å². The maximum Gasteiger partial charge on any atom is 0.114 e. The van der Waals surface area contributed by atoms with Gasteiger partial charge in [0.15, 0.2) is 0 Å². The van der Waals surface area contributed by atoms with Gasteiger partial charge in [-0.3, -0.25) is 0 Å². The summed E-state index contributed by atoms with van der Waals surface area (Å²) in [4.78, 5) is 4.35. The molecule has 0 spiro atoms. The molecule has 84 valence electrons. The van der Waals surface area contributed by atoms with Crippen molar-refractivity contribution in [3.05, 3.63) is 49.9 Å². The molecule has 0 aliphatic rings. The average molecular weight is 273 g/mol. The van der Waals surface area contributed by atoms with Gasteiger partial charge >= 0.3 is 0 Å². The lowest BCUT2D eigenvalue weighted by Gasteiger charge is -2.12. The molecule has 1 atom stereocenters. The van der Waals surface area contributed by atoms with Crippen molar-refractivity contribution in [3.63, 3.8) is 0 Å². The molecule has 2 rings (SSSR count). The summed E-state index contributed by atoms with van der Waals surface area (Å²) in [6.07, 6.45) is 0. The number of aryl methyl sites for hydroxylation is 1. The highest BCUT2D eigenvalue weighted by atomic mass is 35.5. The molecule has 16 heavy (non-hydrogen) atoms. The van der Waals surface area contributed by atoms with Gasteiger partial charge in [-0.2, -0.15) is 0 Å². The number of rotatable bonds is 2. The molecule has 5 heteroatoms. The van der Waals surface area contributed by atoms with Gasteiger partial charge in [-0.1, -0.05) is 29.3 Å². The normalized spacial score (nSPS) is 12.8. The number of thiazole rings is 1. The van der Waals surface area contributed by atoms with Crippen LogP contribution < -0.4 is 5.73 Å². The van der Waals surface area contributed by atoms with Crippen LogP contribution in [0.4, 0.5) is 0 Å². The first-order valence-electron chi connectivity index (χ1n) is 4.71. The number of benzene rings is 1. The Morgan fingerprint density at radius 3 is 2.44 bits per heavy atom. The van der Waals surface area contributed by atoms with Gasteiger partial charge in [0.2, 0.25) is 0 Å². The van der Waals surface area contributed by atoms with E-state index >= 15 is 0 Å². The van der Waals surface area contributed by atoms with E-state index in [1.54, 1.807) is 18.2 Å². The Kier molecular flexibility index (Phi) is 3.50. The lowest BCUT2D eigenvalue weighted by molar-refractivity contribution is 0.853. The van der Waals surface area contributed by atoms with Crippen LogP contribution in [0.15, 0.2) is 23.6 Å². The zero-order valence-electron chi connectivity index (χ0n) is 8.58. The lowest BCUT2D eigenvalue weighted by Crippen LogP contribution is -2.12. The molecule has 0 fully saturated rings. The minimum absolute atomic E-state index is 0.361. The summed E-state index contributed by atoms with van der Waals surface area (Å²) in [5.41, 5.74) is 7.80. The highest BCUT2D eigenvalue weighted by Crippen LogP contribution is 2.33. The summed E-state index contributed by atoms with van der Waals surface area (Å²) >= 11 is 13.7. The van der Waals surface area contributed by atoms with Crippen molar-refractivity contribution in [2.24, 2.45) is 5.73 Å². The molecule has 0 saturated carbocycles. The predicted octanol–water partition coefficient (Wildman–Crippen LogP) is 3.81. The molecule has 1 unspecified atom stereocenters. The van der Waals surface area contributed by atoms with E-state index in [2.05, 4.69) is 4.98 Å². The third-order valence-electron chi connectivity index (χ3n) is 2.21. The maximum atomic E-state index is 6.11. The van der Waals surface area contributed by atoms with Crippen molar-refractivity contribution in [1.82, 2.24) is 4.98 Å². The number of nitrogens with two attached hydrogens (primary N) is 1. The molecule has 0 bridgehead atoms. The van der Waals surface area contributed by atoms with Crippen molar-refractivity contribution in [2.45, 2.75) is 13.0 Å². The quantitative estimate of drug-likeness (QED) is 0.903. The van der Waals surface area contributed by atoms with E-state index in [1.165, 1.54) is 11.3 Å². The van der Waals surface area contributed by atoms with Crippen LogP contribution in [0.25, 0.3) is 0 Å². The van der Waals surface area contributed by atoms with E-state index in [1.807, 2.05) is 12.3 Å². The standard InChI is InChI=1S/C11H10Cl2N2S/c1-6-5-16-11(15-6)10(14)9-7(12)3-2-4-8(9)13/h2-5,10H,14H2,1H3. The highest BCUT2D eigenvalue weighted by Gasteiger charge is 2.18. The fourth-order valence-corrected chi connectivity index (χ4v) is 2.88. The van der Waals surface area contributed by atoms with Gasteiger partial charge in [-0.15, -0.1) is 11.3 Å². The Morgan fingerprint density at radius 1 is 1.31 bits per heavy atom. The summed E-state index contributed by atoms with van der Waals surface area (Å²) < 4.78 is 0. The topological polar surface area (TPSA) is 38.9 Å². The Bertz CT molecular complexity index is 490. The van der Waals surface area contributed by atoms with Gasteiger partial charge in [0, 0.05) is 26.7 Å². The van der Waals surface area contributed by atoms with E-state index in [4.69, 9.17) is 28.9 Å². The second-order valence-corrected chi connectivity index (χ2v) is 5.14. The minimum Gasteiger partial charge on any atom is -0.318 e. The molecule has 0 aliphatic carbocycles. The molecule has 0 saturated heterocycles. The van der Waals surface area contributed by atoms with Crippen LogP contribution in [0, 0.1) is 6.92 Å². The van der Waals surface area contributed by atoms with E-state index in [9.17, 15) is 0 Å². The van der Waals surface area contributed by atoms with Gasteiger partial charge in [-0.05, 0) is 19.1 Å². The Morgan fingerprint density at radius 2 is 1.94 bits per heavy atom. The number of hydrogen-bond acceptors (Lipinski definition) is 3. The molecular formula is C11H10Cl2N2S. The van der Waals surface area contributed by atoms with Gasteiger partial charge in [-0.25, -0.2) is 4.98 Å². The third-order valence-corrected chi connectivity index (χ3v) is 3.92. The smallest absolute Gasteiger partial charge is 0.114 e. The van der Waals surface area contributed by atoms with Gasteiger partial charge in [0.1, 0.15) is 5.01 Å².